The van der Waals surface area contributed by atoms with Crippen molar-refractivity contribution in [3.63, 3.8) is 0 Å². The molecule has 0 aliphatic carbocycles. The summed E-state index contributed by atoms with van der Waals surface area (Å²) in [5.41, 5.74) is -0.873. The molecule has 2 saturated heterocycles. The van der Waals surface area contributed by atoms with E-state index in [-0.39, 0.29) is 19.0 Å². The largest absolute Gasteiger partial charge is 0.419 e. The average molecular weight is 407 g/mol. The molecule has 27 heavy (non-hydrogen) atoms. The predicted molar refractivity (Wildman–Crippen MR) is 90.5 cm³/mol. The fourth-order valence-corrected chi connectivity index (χ4v) is 4.61. The molecule has 0 radical (unpaired) electrons. The number of alkyl halides is 3. The number of hydrogen-bond donors (Lipinski definition) is 1. The summed E-state index contributed by atoms with van der Waals surface area (Å²) in [6, 6.07) is 2.15. The number of nitrogens with one attached hydrogen (secondary N) is 1. The Morgan fingerprint density at radius 2 is 2.11 bits per heavy atom. The summed E-state index contributed by atoms with van der Waals surface area (Å²) in [7, 11) is -3.86. The number of hydrogen-bond acceptors (Lipinski definition) is 6. The molecule has 0 bridgehead atoms. The molecule has 1 amide bonds. The lowest BCUT2D eigenvalue weighted by Gasteiger charge is -2.34. The molecule has 0 aromatic carbocycles. The SMILES string of the molecule is O=C(NS(=O)(=O)C1CCOC1)C1CCCN(c2ncccc2C(F)(F)F)C1. The van der Waals surface area contributed by atoms with E-state index >= 15 is 0 Å². The molecule has 3 rings (SSSR count). The van der Waals surface area contributed by atoms with Crippen LogP contribution in [0.5, 0.6) is 0 Å². The lowest BCUT2D eigenvalue weighted by molar-refractivity contribution is -0.137. The molecule has 0 spiro atoms. The van der Waals surface area contributed by atoms with Gasteiger partial charge in [0.25, 0.3) is 0 Å². The highest BCUT2D eigenvalue weighted by Crippen LogP contribution is 2.36. The van der Waals surface area contributed by atoms with Crippen LogP contribution < -0.4 is 9.62 Å². The first-order valence-corrected chi connectivity index (χ1v) is 10.1. The summed E-state index contributed by atoms with van der Waals surface area (Å²) in [5, 5.41) is -0.784. The van der Waals surface area contributed by atoms with Crippen molar-refractivity contribution in [3.8, 4) is 0 Å². The number of piperidine rings is 1. The first-order valence-electron chi connectivity index (χ1n) is 8.59. The zero-order valence-corrected chi connectivity index (χ0v) is 15.2. The second-order valence-corrected chi connectivity index (χ2v) is 8.62. The van der Waals surface area contributed by atoms with Gasteiger partial charge in [-0.1, -0.05) is 0 Å². The molecule has 2 aliphatic rings. The summed E-state index contributed by atoms with van der Waals surface area (Å²) in [4.78, 5) is 17.7. The maximum atomic E-state index is 13.2. The quantitative estimate of drug-likeness (QED) is 0.815. The summed E-state index contributed by atoms with van der Waals surface area (Å²) in [6.07, 6.45) is -2.14. The Kier molecular flexibility index (Phi) is 5.61. The van der Waals surface area contributed by atoms with Crippen LogP contribution in [0.25, 0.3) is 0 Å². The van der Waals surface area contributed by atoms with Gasteiger partial charge in [-0.25, -0.2) is 13.4 Å². The van der Waals surface area contributed by atoms with E-state index in [9.17, 15) is 26.4 Å². The molecule has 2 atom stereocenters. The zero-order chi connectivity index (χ0) is 19.7. The Morgan fingerprint density at radius 1 is 1.33 bits per heavy atom. The van der Waals surface area contributed by atoms with Crippen molar-refractivity contribution < 1.29 is 31.1 Å². The van der Waals surface area contributed by atoms with Crippen molar-refractivity contribution in [2.75, 3.05) is 31.2 Å². The molecule has 1 N–H and O–H groups in total. The minimum Gasteiger partial charge on any atom is -0.380 e. The minimum absolute atomic E-state index is 0.0252. The van der Waals surface area contributed by atoms with Crippen LogP contribution in [0, 0.1) is 5.92 Å². The molecule has 2 aliphatic heterocycles. The van der Waals surface area contributed by atoms with E-state index in [4.69, 9.17) is 4.74 Å². The molecule has 3 heterocycles. The average Bonchev–Trinajstić information content (AvgIpc) is 3.16. The maximum Gasteiger partial charge on any atom is 0.419 e. The summed E-state index contributed by atoms with van der Waals surface area (Å²) < 4.78 is 71.2. The van der Waals surface area contributed by atoms with Gasteiger partial charge in [-0.2, -0.15) is 13.2 Å². The molecular formula is C16H20F3N3O4S. The van der Waals surface area contributed by atoms with Crippen molar-refractivity contribution in [1.29, 1.82) is 0 Å². The topological polar surface area (TPSA) is 88.6 Å². The Hall–Kier alpha value is -1.88. The number of halogens is 3. The van der Waals surface area contributed by atoms with E-state index < -0.39 is 38.8 Å². The Labute approximate surface area is 154 Å². The smallest absolute Gasteiger partial charge is 0.380 e. The molecule has 11 heteroatoms. The summed E-state index contributed by atoms with van der Waals surface area (Å²) in [6.45, 7) is 0.634. The van der Waals surface area contributed by atoms with Gasteiger partial charge in [-0.3, -0.25) is 9.52 Å². The highest BCUT2D eigenvalue weighted by molar-refractivity contribution is 7.90. The number of aromatic nitrogens is 1. The standard InChI is InChI=1S/C16H20F3N3O4S/c17-16(18,19)13-4-1-6-20-14(13)22-7-2-3-11(9-22)15(23)21-27(24,25)12-5-8-26-10-12/h1,4,6,11-12H,2-3,5,7-10H2,(H,21,23). The number of nitrogens with zero attached hydrogens (tertiary/aromatic N) is 2. The zero-order valence-electron chi connectivity index (χ0n) is 14.4. The number of ether oxygens (including phenoxy) is 1. The molecule has 2 unspecified atom stereocenters. The maximum absolute atomic E-state index is 13.2. The van der Waals surface area contributed by atoms with Crippen molar-refractivity contribution >= 4 is 21.7 Å². The van der Waals surface area contributed by atoms with E-state index in [0.29, 0.717) is 32.4 Å². The third-order valence-electron chi connectivity index (χ3n) is 4.75. The lowest BCUT2D eigenvalue weighted by atomic mass is 9.97. The number of amides is 1. The predicted octanol–water partition coefficient (Wildman–Crippen LogP) is 1.55. The molecule has 1 aromatic rings. The molecule has 7 nitrogen and oxygen atoms in total. The normalized spacial score (nSPS) is 24.0. The fourth-order valence-electron chi connectivity index (χ4n) is 3.32. The molecular weight excluding hydrogens is 387 g/mol. The van der Waals surface area contributed by atoms with Crippen molar-refractivity contribution in [2.45, 2.75) is 30.7 Å². The highest BCUT2D eigenvalue weighted by Gasteiger charge is 2.38. The number of carbonyl (C=O) groups is 1. The van der Waals surface area contributed by atoms with E-state index in [1.54, 1.807) is 0 Å². The van der Waals surface area contributed by atoms with E-state index in [0.717, 1.165) is 6.07 Å². The van der Waals surface area contributed by atoms with Gasteiger partial charge in [-0.15, -0.1) is 0 Å². The van der Waals surface area contributed by atoms with Gasteiger partial charge in [0.05, 0.1) is 18.1 Å². The first kappa shape index (κ1) is 19.9. The van der Waals surface area contributed by atoms with Gasteiger partial charge in [0.1, 0.15) is 11.1 Å². The monoisotopic (exact) mass is 407 g/mol. The molecule has 0 saturated carbocycles. The fraction of sp³-hybridized carbons (Fsp3) is 0.625. The van der Waals surface area contributed by atoms with Crippen LogP contribution in [0.1, 0.15) is 24.8 Å². The second kappa shape index (κ2) is 7.63. The lowest BCUT2D eigenvalue weighted by Crippen LogP contribution is -2.47. The second-order valence-electron chi connectivity index (χ2n) is 6.65. The Morgan fingerprint density at radius 3 is 2.78 bits per heavy atom. The van der Waals surface area contributed by atoms with Crippen LogP contribution in [-0.2, 0) is 25.7 Å². The van der Waals surface area contributed by atoms with Crippen LogP contribution in [0.15, 0.2) is 18.3 Å². The van der Waals surface area contributed by atoms with Gasteiger partial charge in [0.2, 0.25) is 15.9 Å². The van der Waals surface area contributed by atoms with Crippen molar-refractivity contribution in [2.24, 2.45) is 5.92 Å². The molecule has 1 aromatic heterocycles. The van der Waals surface area contributed by atoms with Crippen LogP contribution in [-0.4, -0.2) is 50.9 Å². The van der Waals surface area contributed by atoms with Gasteiger partial charge in [-0.05, 0) is 31.4 Å². The summed E-state index contributed by atoms with van der Waals surface area (Å²) >= 11 is 0. The van der Waals surface area contributed by atoms with Gasteiger partial charge >= 0.3 is 6.18 Å². The Bertz CT molecular complexity index is 794. The number of sulfonamides is 1. The number of pyridine rings is 1. The van der Waals surface area contributed by atoms with Crippen molar-refractivity contribution in [1.82, 2.24) is 9.71 Å². The van der Waals surface area contributed by atoms with Crippen LogP contribution >= 0.6 is 0 Å². The third kappa shape index (κ3) is 4.52. The van der Waals surface area contributed by atoms with Crippen LogP contribution in [0.3, 0.4) is 0 Å². The van der Waals surface area contributed by atoms with Crippen LogP contribution in [0.4, 0.5) is 19.0 Å². The van der Waals surface area contributed by atoms with E-state index in [1.807, 2.05) is 0 Å². The van der Waals surface area contributed by atoms with Gasteiger partial charge in [0.15, 0.2) is 0 Å². The molecule has 2 fully saturated rings. The molecule has 150 valence electrons. The van der Waals surface area contributed by atoms with E-state index in [2.05, 4.69) is 9.71 Å². The van der Waals surface area contributed by atoms with E-state index in [1.165, 1.54) is 17.2 Å². The van der Waals surface area contributed by atoms with Crippen LogP contribution in [0.2, 0.25) is 0 Å². The van der Waals surface area contributed by atoms with Gasteiger partial charge < -0.3 is 9.64 Å². The highest BCUT2D eigenvalue weighted by atomic mass is 32.2. The van der Waals surface area contributed by atoms with Gasteiger partial charge in [0, 0.05) is 25.9 Å². The minimum atomic E-state index is -4.56. The number of rotatable bonds is 4. The first-order chi connectivity index (χ1) is 12.7. The number of anilines is 1. The van der Waals surface area contributed by atoms with Crippen molar-refractivity contribution in [3.05, 3.63) is 23.9 Å². The number of carbonyl (C=O) groups excluding carboxylic acids is 1. The third-order valence-corrected chi connectivity index (χ3v) is 6.49. The summed E-state index contributed by atoms with van der Waals surface area (Å²) in [5.74, 6) is -1.68. The Balaban J connectivity index is 1.72.